The second-order valence-electron chi connectivity index (χ2n) is 9.16. The van der Waals surface area contributed by atoms with Gasteiger partial charge in [-0.2, -0.15) is 0 Å². The largest absolute Gasteiger partial charge is 0.481 e. The molecule has 2 amide bonds. The molecule has 1 aliphatic carbocycles. The molecule has 0 radical (unpaired) electrons. The van der Waals surface area contributed by atoms with Gasteiger partial charge in [0.1, 0.15) is 17.3 Å². The van der Waals surface area contributed by atoms with Crippen LogP contribution >= 0.6 is 11.3 Å². The zero-order valence-electron chi connectivity index (χ0n) is 21.1. The van der Waals surface area contributed by atoms with Gasteiger partial charge in [-0.3, -0.25) is 9.59 Å². The van der Waals surface area contributed by atoms with E-state index in [0.717, 1.165) is 27.8 Å². The van der Waals surface area contributed by atoms with Gasteiger partial charge in [-0.1, -0.05) is 78.9 Å². The maximum absolute atomic E-state index is 13.1. The number of fused-ring (bicyclic) bond motifs is 3. The Morgan fingerprint density at radius 1 is 0.923 bits per heavy atom. The highest BCUT2D eigenvalue weighted by atomic mass is 32.1. The van der Waals surface area contributed by atoms with Crippen LogP contribution < -0.4 is 5.32 Å². The SMILES string of the molecule is O=C(O)CCN(Cc1ccccc1)C(=O)c1csc(CNC(=O)OCC2c3ccccc3-c3ccccc32)n1. The predicted molar refractivity (Wildman–Crippen MR) is 147 cm³/mol. The number of benzene rings is 3. The Morgan fingerprint density at radius 3 is 2.23 bits per heavy atom. The number of carbonyl (C=O) groups excluding carboxylic acids is 2. The molecule has 3 aromatic carbocycles. The van der Waals surface area contributed by atoms with Crippen LogP contribution in [0.1, 0.15) is 44.5 Å². The molecule has 0 fully saturated rings. The molecule has 0 aliphatic heterocycles. The molecular weight excluding hydrogens is 514 g/mol. The van der Waals surface area contributed by atoms with E-state index in [-0.39, 0.29) is 50.2 Å². The van der Waals surface area contributed by atoms with Crippen molar-refractivity contribution in [1.82, 2.24) is 15.2 Å². The summed E-state index contributed by atoms with van der Waals surface area (Å²) in [6, 6.07) is 25.6. The summed E-state index contributed by atoms with van der Waals surface area (Å²) < 4.78 is 5.57. The molecule has 1 aromatic heterocycles. The van der Waals surface area contributed by atoms with Gasteiger partial charge in [0.05, 0.1) is 13.0 Å². The number of carboxylic acid groups (broad SMARTS) is 1. The summed E-state index contributed by atoms with van der Waals surface area (Å²) in [6.07, 6.45) is -0.731. The lowest BCUT2D eigenvalue weighted by molar-refractivity contribution is -0.137. The number of hydrogen-bond donors (Lipinski definition) is 2. The van der Waals surface area contributed by atoms with Crippen LogP contribution in [-0.2, 0) is 22.6 Å². The van der Waals surface area contributed by atoms with E-state index in [9.17, 15) is 14.4 Å². The summed E-state index contributed by atoms with van der Waals surface area (Å²) in [5.74, 6) is -1.37. The van der Waals surface area contributed by atoms with E-state index in [0.29, 0.717) is 5.01 Å². The van der Waals surface area contributed by atoms with Crippen molar-refractivity contribution in [2.45, 2.75) is 25.4 Å². The van der Waals surface area contributed by atoms with Gasteiger partial charge in [0.2, 0.25) is 0 Å². The maximum atomic E-state index is 13.1. The number of alkyl carbamates (subject to hydrolysis) is 1. The van der Waals surface area contributed by atoms with E-state index in [1.807, 2.05) is 54.6 Å². The first-order valence-corrected chi connectivity index (χ1v) is 13.5. The van der Waals surface area contributed by atoms with Crippen molar-refractivity contribution in [3.05, 3.63) is 112 Å². The molecule has 9 heteroatoms. The number of nitrogens with one attached hydrogen (secondary N) is 1. The number of aliphatic carboxylic acids is 1. The number of thiazole rings is 1. The number of nitrogens with zero attached hydrogens (tertiary/aromatic N) is 2. The van der Waals surface area contributed by atoms with Gasteiger partial charge in [-0.25, -0.2) is 9.78 Å². The molecule has 1 aliphatic rings. The van der Waals surface area contributed by atoms with Crippen molar-refractivity contribution in [3.63, 3.8) is 0 Å². The third-order valence-corrected chi connectivity index (χ3v) is 7.45. The van der Waals surface area contributed by atoms with Crippen LogP contribution in [0.5, 0.6) is 0 Å². The fraction of sp³-hybridized carbons (Fsp3) is 0.200. The first-order valence-electron chi connectivity index (χ1n) is 12.6. The average molecular weight is 542 g/mol. The number of hydrogen-bond acceptors (Lipinski definition) is 6. The zero-order valence-corrected chi connectivity index (χ0v) is 21.9. The first-order chi connectivity index (χ1) is 19.0. The summed E-state index contributed by atoms with van der Waals surface area (Å²) in [5, 5.41) is 14.0. The molecule has 5 rings (SSSR count). The molecule has 0 saturated carbocycles. The number of ether oxygens (including phenoxy) is 1. The van der Waals surface area contributed by atoms with Gasteiger partial charge in [0.25, 0.3) is 5.91 Å². The van der Waals surface area contributed by atoms with Crippen LogP contribution in [-0.4, -0.2) is 46.1 Å². The normalized spacial score (nSPS) is 11.9. The molecule has 2 N–H and O–H groups in total. The van der Waals surface area contributed by atoms with Crippen LogP contribution in [0.15, 0.2) is 84.2 Å². The Bertz CT molecular complexity index is 1440. The van der Waals surface area contributed by atoms with Crippen LogP contribution in [0, 0.1) is 0 Å². The van der Waals surface area contributed by atoms with Gasteiger partial charge in [0.15, 0.2) is 0 Å². The van der Waals surface area contributed by atoms with E-state index in [1.165, 1.54) is 16.2 Å². The van der Waals surface area contributed by atoms with E-state index in [1.54, 1.807) is 5.38 Å². The Hall–Kier alpha value is -4.50. The first kappa shape index (κ1) is 26.1. The summed E-state index contributed by atoms with van der Waals surface area (Å²) in [4.78, 5) is 42.6. The van der Waals surface area contributed by atoms with Crippen molar-refractivity contribution in [2.24, 2.45) is 0 Å². The number of carbonyl (C=O) groups is 3. The Morgan fingerprint density at radius 2 is 1.56 bits per heavy atom. The maximum Gasteiger partial charge on any atom is 0.407 e. The molecular formula is C30H27N3O5S. The number of carboxylic acids is 1. The van der Waals surface area contributed by atoms with Crippen LogP contribution in [0.3, 0.4) is 0 Å². The zero-order chi connectivity index (χ0) is 27.2. The minimum absolute atomic E-state index is 0.0337. The third-order valence-electron chi connectivity index (χ3n) is 6.60. The summed E-state index contributed by atoms with van der Waals surface area (Å²) in [6.45, 7) is 0.660. The van der Waals surface area contributed by atoms with E-state index < -0.39 is 12.1 Å². The minimum Gasteiger partial charge on any atom is -0.481 e. The average Bonchev–Trinajstić information content (AvgIpc) is 3.56. The number of amides is 2. The standard InChI is InChI=1S/C30H27N3O5S/c34-28(35)14-15-33(17-20-8-2-1-3-9-20)29(36)26-19-39-27(32-26)16-31-30(37)38-18-25-23-12-6-4-10-21(23)22-11-5-7-13-24(22)25/h1-13,19,25H,14-18H2,(H,31,37)(H,34,35). The van der Waals surface area contributed by atoms with Crippen molar-refractivity contribution in [1.29, 1.82) is 0 Å². The summed E-state index contributed by atoms with van der Waals surface area (Å²) in [7, 11) is 0. The molecule has 1 heterocycles. The van der Waals surface area contributed by atoms with E-state index in [4.69, 9.17) is 9.84 Å². The summed E-state index contributed by atoms with van der Waals surface area (Å²) in [5.41, 5.74) is 5.70. The van der Waals surface area contributed by atoms with Gasteiger partial charge >= 0.3 is 12.1 Å². The topological polar surface area (TPSA) is 109 Å². The smallest absolute Gasteiger partial charge is 0.407 e. The molecule has 8 nitrogen and oxygen atoms in total. The van der Waals surface area contributed by atoms with Gasteiger partial charge in [0, 0.05) is 24.4 Å². The molecule has 39 heavy (non-hydrogen) atoms. The van der Waals surface area contributed by atoms with Crippen molar-refractivity contribution in [2.75, 3.05) is 13.2 Å². The second-order valence-corrected chi connectivity index (χ2v) is 10.1. The van der Waals surface area contributed by atoms with Gasteiger partial charge < -0.3 is 20.1 Å². The van der Waals surface area contributed by atoms with Crippen molar-refractivity contribution < 1.29 is 24.2 Å². The lowest BCUT2D eigenvalue weighted by Crippen LogP contribution is -2.33. The van der Waals surface area contributed by atoms with Gasteiger partial charge in [-0.15, -0.1) is 11.3 Å². The molecule has 198 valence electrons. The Balaban J connectivity index is 1.17. The summed E-state index contributed by atoms with van der Waals surface area (Å²) >= 11 is 1.25. The van der Waals surface area contributed by atoms with Gasteiger partial charge in [-0.05, 0) is 27.8 Å². The van der Waals surface area contributed by atoms with E-state index in [2.05, 4.69) is 34.6 Å². The number of aromatic nitrogens is 1. The quantitative estimate of drug-likeness (QED) is 0.282. The minimum atomic E-state index is -0.980. The third kappa shape index (κ3) is 6.15. The fourth-order valence-electron chi connectivity index (χ4n) is 4.74. The Labute approximate surface area is 229 Å². The predicted octanol–water partition coefficient (Wildman–Crippen LogP) is 5.30. The molecule has 4 aromatic rings. The van der Waals surface area contributed by atoms with Crippen LogP contribution in [0.4, 0.5) is 4.79 Å². The van der Waals surface area contributed by atoms with Crippen LogP contribution in [0.25, 0.3) is 11.1 Å². The lowest BCUT2D eigenvalue weighted by atomic mass is 9.98. The number of rotatable bonds is 10. The molecule has 0 unspecified atom stereocenters. The molecule has 0 atom stereocenters. The Kier molecular flexibility index (Phi) is 7.98. The van der Waals surface area contributed by atoms with Crippen molar-refractivity contribution in [3.8, 4) is 11.1 Å². The highest BCUT2D eigenvalue weighted by Gasteiger charge is 2.29. The van der Waals surface area contributed by atoms with E-state index >= 15 is 0 Å². The lowest BCUT2D eigenvalue weighted by Gasteiger charge is -2.21. The highest BCUT2D eigenvalue weighted by molar-refractivity contribution is 7.09. The molecule has 0 bridgehead atoms. The monoisotopic (exact) mass is 541 g/mol. The second kappa shape index (κ2) is 11.9. The highest BCUT2D eigenvalue weighted by Crippen LogP contribution is 2.44. The van der Waals surface area contributed by atoms with Crippen molar-refractivity contribution >= 4 is 29.3 Å². The fourth-order valence-corrected chi connectivity index (χ4v) is 5.44. The molecule has 0 saturated heterocycles. The van der Waals surface area contributed by atoms with Crippen LogP contribution in [0.2, 0.25) is 0 Å². The molecule has 0 spiro atoms.